The minimum Gasteiger partial charge on any atom is -0.351 e. The second-order valence-electron chi connectivity index (χ2n) is 5.91. The maximum absolute atomic E-state index is 13.0. The van der Waals surface area contributed by atoms with E-state index in [1.165, 1.54) is 5.56 Å². The number of aryl methyl sites for hydroxylation is 2. The molecule has 23 heavy (non-hydrogen) atoms. The van der Waals surface area contributed by atoms with E-state index in [0.717, 1.165) is 22.4 Å². The van der Waals surface area contributed by atoms with Crippen molar-refractivity contribution >= 4 is 23.2 Å². The Balaban J connectivity index is 2.54. The number of likely N-dealkylation sites (N-methyl/N-ethyl adjacent to an activating group) is 1. The molecule has 0 aliphatic carbocycles. The fourth-order valence-corrected chi connectivity index (χ4v) is 3.23. The molecule has 1 heterocycles. The lowest BCUT2D eigenvalue weighted by Crippen LogP contribution is -2.47. The van der Waals surface area contributed by atoms with E-state index in [4.69, 9.17) is 12.2 Å². The number of carbonyl (C=O) groups is 1. The third-order valence-corrected chi connectivity index (χ3v) is 4.52. The standard InChI is InChI=1S/C18H25N3OS/c1-6-21(7-2)17(22)15-13(5)19-18(23)20-16(15)14-10-11(3)8-9-12(14)4/h8-10,16H,6-7H2,1-5H3,(H2,19,20,23)/t16-/m0/s1. The molecule has 0 aromatic heterocycles. The number of hydrogen-bond acceptors (Lipinski definition) is 2. The minimum atomic E-state index is -0.211. The van der Waals surface area contributed by atoms with Crippen LogP contribution in [-0.2, 0) is 4.79 Å². The second-order valence-corrected chi connectivity index (χ2v) is 6.32. The van der Waals surface area contributed by atoms with Gasteiger partial charge in [-0.05, 0) is 58.0 Å². The molecule has 0 unspecified atom stereocenters. The zero-order valence-electron chi connectivity index (χ0n) is 14.5. The van der Waals surface area contributed by atoms with Gasteiger partial charge in [-0.1, -0.05) is 23.8 Å². The van der Waals surface area contributed by atoms with Crippen LogP contribution < -0.4 is 10.6 Å². The highest BCUT2D eigenvalue weighted by Crippen LogP contribution is 2.30. The van der Waals surface area contributed by atoms with Gasteiger partial charge in [0, 0.05) is 18.8 Å². The molecule has 1 aliphatic rings. The van der Waals surface area contributed by atoms with Crippen molar-refractivity contribution in [2.24, 2.45) is 0 Å². The number of rotatable bonds is 4. The quantitative estimate of drug-likeness (QED) is 0.833. The Morgan fingerprint density at radius 3 is 2.48 bits per heavy atom. The molecule has 5 heteroatoms. The van der Waals surface area contributed by atoms with E-state index >= 15 is 0 Å². The molecule has 0 spiro atoms. The highest BCUT2D eigenvalue weighted by Gasteiger charge is 2.32. The van der Waals surface area contributed by atoms with Gasteiger partial charge in [-0.25, -0.2) is 0 Å². The maximum atomic E-state index is 13.0. The van der Waals surface area contributed by atoms with Crippen molar-refractivity contribution in [1.82, 2.24) is 15.5 Å². The van der Waals surface area contributed by atoms with Gasteiger partial charge in [0.15, 0.2) is 5.11 Å². The van der Waals surface area contributed by atoms with Crippen LogP contribution in [0, 0.1) is 13.8 Å². The van der Waals surface area contributed by atoms with Gasteiger partial charge in [0.1, 0.15) is 0 Å². The Morgan fingerprint density at radius 2 is 1.87 bits per heavy atom. The third kappa shape index (κ3) is 3.55. The molecule has 2 rings (SSSR count). The summed E-state index contributed by atoms with van der Waals surface area (Å²) in [4.78, 5) is 14.8. The van der Waals surface area contributed by atoms with Gasteiger partial charge in [0.25, 0.3) is 5.91 Å². The molecule has 1 aromatic rings. The lowest BCUT2D eigenvalue weighted by molar-refractivity contribution is -0.127. The number of nitrogens with one attached hydrogen (secondary N) is 2. The molecule has 0 radical (unpaired) electrons. The number of thiocarbonyl (C=S) groups is 1. The molecule has 0 saturated carbocycles. The SMILES string of the molecule is CCN(CC)C(=O)C1=C(C)NC(=S)N[C@H]1c1cc(C)ccc1C. The summed E-state index contributed by atoms with van der Waals surface area (Å²) in [5.74, 6) is 0.0564. The summed E-state index contributed by atoms with van der Waals surface area (Å²) >= 11 is 5.32. The largest absolute Gasteiger partial charge is 0.351 e. The van der Waals surface area contributed by atoms with Crippen LogP contribution in [0.1, 0.15) is 43.5 Å². The van der Waals surface area contributed by atoms with Gasteiger partial charge in [0.2, 0.25) is 0 Å². The highest BCUT2D eigenvalue weighted by molar-refractivity contribution is 7.80. The number of allylic oxidation sites excluding steroid dienone is 1. The predicted molar refractivity (Wildman–Crippen MR) is 98.2 cm³/mol. The molecule has 1 aromatic carbocycles. The van der Waals surface area contributed by atoms with E-state index in [2.05, 4.69) is 42.7 Å². The van der Waals surface area contributed by atoms with Crippen molar-refractivity contribution in [3.8, 4) is 0 Å². The van der Waals surface area contributed by atoms with Crippen LogP contribution in [-0.4, -0.2) is 29.0 Å². The normalized spacial score (nSPS) is 17.6. The first-order valence-corrected chi connectivity index (χ1v) is 8.44. The molecular formula is C18H25N3OS. The van der Waals surface area contributed by atoms with E-state index in [0.29, 0.717) is 18.2 Å². The Bertz CT molecular complexity index is 662. The summed E-state index contributed by atoms with van der Waals surface area (Å²) in [6.07, 6.45) is 0. The third-order valence-electron chi connectivity index (χ3n) is 4.30. The Morgan fingerprint density at radius 1 is 1.22 bits per heavy atom. The minimum absolute atomic E-state index is 0.0564. The molecule has 2 N–H and O–H groups in total. The first-order valence-electron chi connectivity index (χ1n) is 8.03. The lowest BCUT2D eigenvalue weighted by Gasteiger charge is -2.33. The summed E-state index contributed by atoms with van der Waals surface area (Å²) in [6, 6.07) is 6.09. The molecule has 124 valence electrons. The average Bonchev–Trinajstić information content (AvgIpc) is 2.50. The number of hydrogen-bond donors (Lipinski definition) is 2. The van der Waals surface area contributed by atoms with Crippen LogP contribution in [0.5, 0.6) is 0 Å². The van der Waals surface area contributed by atoms with Crippen molar-refractivity contribution in [2.75, 3.05) is 13.1 Å². The molecule has 4 nitrogen and oxygen atoms in total. The first kappa shape index (κ1) is 17.5. The van der Waals surface area contributed by atoms with Gasteiger partial charge in [-0.3, -0.25) is 4.79 Å². The van der Waals surface area contributed by atoms with E-state index < -0.39 is 0 Å². The predicted octanol–water partition coefficient (Wildman–Crippen LogP) is 2.96. The van der Waals surface area contributed by atoms with E-state index in [1.807, 2.05) is 25.7 Å². The van der Waals surface area contributed by atoms with Crippen LogP contribution in [0.25, 0.3) is 0 Å². The maximum Gasteiger partial charge on any atom is 0.253 e. The summed E-state index contributed by atoms with van der Waals surface area (Å²) in [7, 11) is 0. The topological polar surface area (TPSA) is 44.4 Å². The van der Waals surface area contributed by atoms with E-state index in [9.17, 15) is 4.79 Å². The second kappa shape index (κ2) is 7.13. The van der Waals surface area contributed by atoms with Crippen LogP contribution >= 0.6 is 12.2 Å². The van der Waals surface area contributed by atoms with Crippen LogP contribution in [0.4, 0.5) is 0 Å². The van der Waals surface area contributed by atoms with Crippen molar-refractivity contribution in [3.05, 3.63) is 46.2 Å². The zero-order chi connectivity index (χ0) is 17.1. The first-order chi connectivity index (χ1) is 10.9. The van der Waals surface area contributed by atoms with Gasteiger partial charge >= 0.3 is 0 Å². The lowest BCUT2D eigenvalue weighted by atomic mass is 9.90. The monoisotopic (exact) mass is 331 g/mol. The number of nitrogens with zero attached hydrogens (tertiary/aromatic N) is 1. The average molecular weight is 331 g/mol. The fraction of sp³-hybridized carbons (Fsp3) is 0.444. The molecular weight excluding hydrogens is 306 g/mol. The van der Waals surface area contributed by atoms with Gasteiger partial charge in [-0.2, -0.15) is 0 Å². The van der Waals surface area contributed by atoms with Crippen molar-refractivity contribution in [1.29, 1.82) is 0 Å². The molecule has 1 aliphatic heterocycles. The Kier molecular flexibility index (Phi) is 5.42. The van der Waals surface area contributed by atoms with E-state index in [1.54, 1.807) is 0 Å². The zero-order valence-corrected chi connectivity index (χ0v) is 15.3. The number of carbonyl (C=O) groups excluding carboxylic acids is 1. The summed E-state index contributed by atoms with van der Waals surface area (Å²) < 4.78 is 0. The van der Waals surface area contributed by atoms with Gasteiger partial charge in [0.05, 0.1) is 11.6 Å². The summed E-state index contributed by atoms with van der Waals surface area (Å²) in [6.45, 7) is 11.4. The van der Waals surface area contributed by atoms with Crippen molar-refractivity contribution in [3.63, 3.8) is 0 Å². The van der Waals surface area contributed by atoms with Crippen molar-refractivity contribution < 1.29 is 4.79 Å². The van der Waals surface area contributed by atoms with E-state index in [-0.39, 0.29) is 11.9 Å². The Labute approximate surface area is 143 Å². The van der Waals surface area contributed by atoms with Gasteiger partial charge < -0.3 is 15.5 Å². The highest BCUT2D eigenvalue weighted by atomic mass is 32.1. The van der Waals surface area contributed by atoms with Crippen molar-refractivity contribution in [2.45, 2.75) is 40.7 Å². The van der Waals surface area contributed by atoms with Crippen LogP contribution in [0.3, 0.4) is 0 Å². The molecule has 1 amide bonds. The molecule has 0 bridgehead atoms. The number of benzene rings is 1. The molecule has 0 fully saturated rings. The Hall–Kier alpha value is -1.88. The summed E-state index contributed by atoms with van der Waals surface area (Å²) in [5.41, 5.74) is 5.00. The molecule has 0 saturated heterocycles. The number of amides is 1. The van der Waals surface area contributed by atoms with Gasteiger partial charge in [-0.15, -0.1) is 0 Å². The summed E-state index contributed by atoms with van der Waals surface area (Å²) in [5, 5.41) is 6.94. The fourth-order valence-electron chi connectivity index (χ4n) is 2.96. The van der Waals surface area contributed by atoms with Crippen LogP contribution in [0.15, 0.2) is 29.5 Å². The van der Waals surface area contributed by atoms with Crippen LogP contribution in [0.2, 0.25) is 0 Å². The smallest absolute Gasteiger partial charge is 0.253 e. The molecule has 1 atom stereocenters.